The van der Waals surface area contributed by atoms with Crippen LogP contribution in [0, 0.1) is 5.92 Å². The smallest absolute Gasteiger partial charge is 0.224 e. The number of nitrogens with zero attached hydrogens (tertiary/aromatic N) is 5. The second-order valence-corrected chi connectivity index (χ2v) is 5.75. The molecule has 1 saturated carbocycles. The molecule has 4 rings (SSSR count). The van der Waals surface area contributed by atoms with Gasteiger partial charge in [0.2, 0.25) is 5.95 Å². The summed E-state index contributed by atoms with van der Waals surface area (Å²) in [6.07, 6.45) is 8.07. The highest BCUT2D eigenvalue weighted by Gasteiger charge is 2.25. The number of anilines is 2. The van der Waals surface area contributed by atoms with Crippen LogP contribution in [0.3, 0.4) is 0 Å². The minimum absolute atomic E-state index is 0.348. The van der Waals surface area contributed by atoms with Crippen LogP contribution in [0.4, 0.5) is 11.8 Å². The van der Waals surface area contributed by atoms with Crippen LogP contribution in [-0.2, 0) is 6.54 Å². The van der Waals surface area contributed by atoms with E-state index in [0.29, 0.717) is 5.95 Å². The van der Waals surface area contributed by atoms with E-state index in [1.807, 2.05) is 6.33 Å². The number of imidazole rings is 1. The summed E-state index contributed by atoms with van der Waals surface area (Å²) in [5.74, 6) is 2.81. The van der Waals surface area contributed by atoms with Gasteiger partial charge in [-0.1, -0.05) is 0 Å². The zero-order valence-electron chi connectivity index (χ0n) is 11.5. The second kappa shape index (κ2) is 4.61. The lowest BCUT2D eigenvalue weighted by molar-refractivity contribution is 0.574. The molecule has 2 aliphatic rings. The molecular formula is C14H19N6. The van der Waals surface area contributed by atoms with Crippen LogP contribution in [0.15, 0.2) is 6.33 Å². The Hall–Kier alpha value is -1.85. The SMILES string of the molecule is Nc1nc(N2CCCCC2)c2ncn(C[C]3CC3)c2n1. The maximum Gasteiger partial charge on any atom is 0.224 e. The first-order chi connectivity index (χ1) is 9.81. The van der Waals surface area contributed by atoms with Crippen LogP contribution in [0.5, 0.6) is 0 Å². The highest BCUT2D eigenvalue weighted by atomic mass is 15.2. The van der Waals surface area contributed by atoms with Crippen molar-refractivity contribution in [2.75, 3.05) is 23.7 Å². The summed E-state index contributed by atoms with van der Waals surface area (Å²) < 4.78 is 2.10. The topological polar surface area (TPSA) is 72.9 Å². The molecule has 0 atom stereocenters. The van der Waals surface area contributed by atoms with Gasteiger partial charge in [-0.2, -0.15) is 9.97 Å². The Morgan fingerprint density at radius 2 is 1.90 bits per heavy atom. The van der Waals surface area contributed by atoms with Crippen LogP contribution in [0.1, 0.15) is 32.1 Å². The molecule has 0 unspecified atom stereocenters. The highest BCUT2D eigenvalue weighted by molar-refractivity contribution is 5.84. The van der Waals surface area contributed by atoms with Crippen molar-refractivity contribution in [2.45, 2.75) is 38.6 Å². The van der Waals surface area contributed by atoms with Crippen molar-refractivity contribution in [1.29, 1.82) is 0 Å². The summed E-state index contributed by atoms with van der Waals surface area (Å²) >= 11 is 0. The molecule has 1 aliphatic carbocycles. The molecule has 1 aliphatic heterocycles. The van der Waals surface area contributed by atoms with Crippen molar-refractivity contribution in [3.05, 3.63) is 12.2 Å². The zero-order valence-corrected chi connectivity index (χ0v) is 11.5. The lowest BCUT2D eigenvalue weighted by Crippen LogP contribution is -2.30. The fraction of sp³-hybridized carbons (Fsp3) is 0.571. The van der Waals surface area contributed by atoms with Crippen molar-refractivity contribution >= 4 is 22.9 Å². The first kappa shape index (κ1) is 11.9. The lowest BCUT2D eigenvalue weighted by atomic mass is 10.1. The van der Waals surface area contributed by atoms with Crippen LogP contribution in [0.25, 0.3) is 11.2 Å². The second-order valence-electron chi connectivity index (χ2n) is 5.75. The van der Waals surface area contributed by atoms with Gasteiger partial charge < -0.3 is 15.2 Å². The van der Waals surface area contributed by atoms with Crippen molar-refractivity contribution in [2.24, 2.45) is 0 Å². The Morgan fingerprint density at radius 1 is 1.10 bits per heavy atom. The van der Waals surface area contributed by atoms with Crippen molar-refractivity contribution in [3.63, 3.8) is 0 Å². The van der Waals surface area contributed by atoms with Crippen molar-refractivity contribution < 1.29 is 0 Å². The maximum atomic E-state index is 5.91. The Kier molecular flexibility index (Phi) is 2.75. The Balaban J connectivity index is 1.77. The molecular weight excluding hydrogens is 252 g/mol. The average molecular weight is 271 g/mol. The first-order valence-corrected chi connectivity index (χ1v) is 7.38. The number of fused-ring (bicyclic) bond motifs is 1. The first-order valence-electron chi connectivity index (χ1n) is 7.38. The van der Waals surface area contributed by atoms with E-state index in [2.05, 4.69) is 24.4 Å². The van der Waals surface area contributed by atoms with Gasteiger partial charge in [-0.3, -0.25) is 0 Å². The minimum Gasteiger partial charge on any atom is -0.368 e. The Morgan fingerprint density at radius 3 is 2.65 bits per heavy atom. The third-order valence-corrected chi connectivity index (χ3v) is 4.12. The summed E-state index contributed by atoms with van der Waals surface area (Å²) in [6, 6.07) is 0. The number of rotatable bonds is 3. The molecule has 6 nitrogen and oxygen atoms in total. The van der Waals surface area contributed by atoms with Crippen LogP contribution < -0.4 is 10.6 Å². The third-order valence-electron chi connectivity index (χ3n) is 4.12. The number of nitrogens with two attached hydrogens (primary N) is 1. The molecule has 105 valence electrons. The van der Waals surface area contributed by atoms with Gasteiger partial charge in [0.05, 0.1) is 6.33 Å². The largest absolute Gasteiger partial charge is 0.368 e. The van der Waals surface area contributed by atoms with Crippen molar-refractivity contribution in [3.8, 4) is 0 Å². The zero-order chi connectivity index (χ0) is 13.5. The highest BCUT2D eigenvalue weighted by Crippen LogP contribution is 2.35. The maximum absolute atomic E-state index is 5.91. The van der Waals surface area contributed by atoms with E-state index in [0.717, 1.165) is 36.6 Å². The van der Waals surface area contributed by atoms with Gasteiger partial charge >= 0.3 is 0 Å². The number of nitrogen functional groups attached to an aromatic ring is 1. The summed E-state index contributed by atoms with van der Waals surface area (Å²) in [7, 11) is 0. The number of hydrogen-bond donors (Lipinski definition) is 1. The quantitative estimate of drug-likeness (QED) is 0.921. The van der Waals surface area contributed by atoms with E-state index in [1.54, 1.807) is 5.92 Å². The molecule has 0 aromatic carbocycles. The number of hydrogen-bond acceptors (Lipinski definition) is 5. The molecule has 0 amide bonds. The van der Waals surface area contributed by atoms with Gasteiger partial charge in [0.15, 0.2) is 17.0 Å². The molecule has 6 heteroatoms. The van der Waals surface area contributed by atoms with Crippen LogP contribution in [0.2, 0.25) is 0 Å². The molecule has 0 spiro atoms. The van der Waals surface area contributed by atoms with Crippen LogP contribution in [-0.4, -0.2) is 32.6 Å². The molecule has 1 radical (unpaired) electrons. The molecule has 1 saturated heterocycles. The third kappa shape index (κ3) is 2.09. The van der Waals surface area contributed by atoms with E-state index in [9.17, 15) is 0 Å². The Bertz CT molecular complexity index is 624. The fourth-order valence-corrected chi connectivity index (χ4v) is 2.88. The average Bonchev–Trinajstić information content (AvgIpc) is 3.20. The summed E-state index contributed by atoms with van der Waals surface area (Å²) in [5, 5.41) is 0. The number of piperidine rings is 1. The molecule has 2 aromatic heterocycles. The van der Waals surface area contributed by atoms with Crippen LogP contribution >= 0.6 is 0 Å². The molecule has 3 heterocycles. The molecule has 2 N–H and O–H groups in total. The summed E-state index contributed by atoms with van der Waals surface area (Å²) in [4.78, 5) is 15.7. The fourth-order valence-electron chi connectivity index (χ4n) is 2.88. The number of aromatic nitrogens is 4. The van der Waals surface area contributed by atoms with E-state index in [4.69, 9.17) is 5.73 Å². The monoisotopic (exact) mass is 271 g/mol. The predicted octanol–water partition coefficient (Wildman–Crippen LogP) is 1.77. The molecule has 2 fully saturated rings. The van der Waals surface area contributed by atoms with Gasteiger partial charge in [0, 0.05) is 19.6 Å². The van der Waals surface area contributed by atoms with Gasteiger partial charge in [0.25, 0.3) is 0 Å². The van der Waals surface area contributed by atoms with Gasteiger partial charge in [-0.15, -0.1) is 0 Å². The Labute approximate surface area is 118 Å². The minimum atomic E-state index is 0.348. The standard InChI is InChI=1S/C14H19N6/c15-14-17-12(19-6-2-1-3-7-19)11-13(18-14)20(9-16-11)8-10-4-5-10/h9H,1-8H2,(H2,15,17,18). The van der Waals surface area contributed by atoms with Gasteiger partial charge in [-0.05, 0) is 38.0 Å². The molecule has 20 heavy (non-hydrogen) atoms. The molecule has 2 aromatic rings. The van der Waals surface area contributed by atoms with E-state index in [-0.39, 0.29) is 0 Å². The van der Waals surface area contributed by atoms with Gasteiger partial charge in [-0.25, -0.2) is 4.98 Å². The predicted molar refractivity (Wildman–Crippen MR) is 78.3 cm³/mol. The van der Waals surface area contributed by atoms with Gasteiger partial charge in [0.1, 0.15) is 0 Å². The van der Waals surface area contributed by atoms with Crippen molar-refractivity contribution in [1.82, 2.24) is 19.5 Å². The summed E-state index contributed by atoms with van der Waals surface area (Å²) in [6.45, 7) is 3.00. The normalized spacial score (nSPS) is 19.7. The lowest BCUT2D eigenvalue weighted by Gasteiger charge is -2.27. The van der Waals surface area contributed by atoms with E-state index in [1.165, 1.54) is 32.1 Å². The molecule has 0 bridgehead atoms. The van der Waals surface area contributed by atoms with E-state index >= 15 is 0 Å². The summed E-state index contributed by atoms with van der Waals surface area (Å²) in [5.41, 5.74) is 7.67. The van der Waals surface area contributed by atoms with E-state index < -0.39 is 0 Å².